The number of carbonyl (C=O) groups excluding carboxylic acids is 1. The average molecular weight is 380 g/mol. The Bertz CT molecular complexity index is 798. The molecule has 3 heterocycles. The van der Waals surface area contributed by atoms with Crippen molar-refractivity contribution in [3.8, 4) is 11.1 Å². The van der Waals surface area contributed by atoms with E-state index in [4.69, 9.17) is 4.98 Å². The summed E-state index contributed by atoms with van der Waals surface area (Å²) in [6.07, 6.45) is 13.5. The van der Waals surface area contributed by atoms with Gasteiger partial charge in [0.2, 0.25) is 11.9 Å². The van der Waals surface area contributed by atoms with E-state index in [-0.39, 0.29) is 11.8 Å². The summed E-state index contributed by atoms with van der Waals surface area (Å²) in [5.41, 5.74) is 2.93. The fraction of sp³-hybridized carbons (Fsp3) is 0.545. The molecule has 148 valence electrons. The number of anilines is 1. The molecule has 1 saturated carbocycles. The highest BCUT2D eigenvalue weighted by molar-refractivity contribution is 5.79. The van der Waals surface area contributed by atoms with Gasteiger partial charge in [0.15, 0.2) is 0 Å². The van der Waals surface area contributed by atoms with Crippen LogP contribution in [0, 0.1) is 5.92 Å². The molecule has 1 amide bonds. The summed E-state index contributed by atoms with van der Waals surface area (Å²) in [5, 5.41) is 0. The molecule has 0 unspecified atom stereocenters. The maximum atomic E-state index is 13.0. The van der Waals surface area contributed by atoms with Gasteiger partial charge >= 0.3 is 0 Å². The molecule has 0 aromatic carbocycles. The maximum Gasteiger partial charge on any atom is 0.225 e. The number of aromatic nitrogens is 3. The van der Waals surface area contributed by atoms with E-state index in [0.717, 1.165) is 48.7 Å². The van der Waals surface area contributed by atoms with Crippen LogP contribution in [0.15, 0.2) is 30.7 Å². The summed E-state index contributed by atoms with van der Waals surface area (Å²) in [6.45, 7) is 2.52. The average Bonchev–Trinajstić information content (AvgIpc) is 3.29. The van der Waals surface area contributed by atoms with Gasteiger partial charge in [-0.3, -0.25) is 9.78 Å². The molecule has 0 radical (unpaired) electrons. The van der Waals surface area contributed by atoms with Gasteiger partial charge in [-0.25, -0.2) is 9.97 Å². The van der Waals surface area contributed by atoms with Crippen molar-refractivity contribution in [2.45, 2.75) is 51.5 Å². The molecule has 6 nitrogen and oxygen atoms in total. The molecule has 1 saturated heterocycles. The molecule has 0 N–H and O–H groups in total. The minimum absolute atomic E-state index is 0.169. The van der Waals surface area contributed by atoms with Crippen molar-refractivity contribution < 1.29 is 4.79 Å². The Labute approximate surface area is 167 Å². The molecule has 2 aromatic heterocycles. The summed E-state index contributed by atoms with van der Waals surface area (Å²) in [7, 11) is 1.91. The molecule has 2 aromatic rings. The summed E-state index contributed by atoms with van der Waals surface area (Å²) < 4.78 is 0. The van der Waals surface area contributed by atoms with Gasteiger partial charge in [0.1, 0.15) is 0 Å². The van der Waals surface area contributed by atoms with Gasteiger partial charge in [-0.15, -0.1) is 0 Å². The Kier molecular flexibility index (Phi) is 5.84. The van der Waals surface area contributed by atoms with E-state index >= 15 is 0 Å². The van der Waals surface area contributed by atoms with Gasteiger partial charge < -0.3 is 9.80 Å². The molecule has 2 aliphatic rings. The zero-order chi connectivity index (χ0) is 19.3. The zero-order valence-electron chi connectivity index (χ0n) is 16.7. The summed E-state index contributed by atoms with van der Waals surface area (Å²) in [4.78, 5) is 30.7. The van der Waals surface area contributed by atoms with Gasteiger partial charge in [0, 0.05) is 50.2 Å². The maximum absolute atomic E-state index is 13.0. The molecule has 4 rings (SSSR count). The lowest BCUT2D eigenvalue weighted by Crippen LogP contribution is -2.34. The molecule has 0 spiro atoms. The highest BCUT2D eigenvalue weighted by Gasteiger charge is 2.25. The number of rotatable bonds is 5. The zero-order valence-corrected chi connectivity index (χ0v) is 16.7. The molecule has 0 bridgehead atoms. The summed E-state index contributed by atoms with van der Waals surface area (Å²) in [5.74, 6) is 1.20. The number of pyridine rings is 1. The first-order valence-electron chi connectivity index (χ1n) is 10.5. The lowest BCUT2D eigenvalue weighted by molar-refractivity contribution is -0.135. The predicted molar refractivity (Wildman–Crippen MR) is 110 cm³/mol. The van der Waals surface area contributed by atoms with Crippen LogP contribution in [0.1, 0.15) is 50.6 Å². The molecule has 6 heteroatoms. The summed E-state index contributed by atoms with van der Waals surface area (Å²) >= 11 is 0. The van der Waals surface area contributed by atoms with Gasteiger partial charge in [-0.05, 0) is 43.4 Å². The van der Waals surface area contributed by atoms with Crippen molar-refractivity contribution in [3.63, 3.8) is 0 Å². The van der Waals surface area contributed by atoms with Gasteiger partial charge in [0.25, 0.3) is 0 Å². The monoisotopic (exact) mass is 379 g/mol. The SMILES string of the molecule is CN(Cc1nc(N2CCCC2)ncc1-c1ccncc1)C(=O)C1CCCCC1. The van der Waals surface area contributed by atoms with Crippen LogP contribution in [0.5, 0.6) is 0 Å². The Balaban J connectivity index is 1.60. The second-order valence-corrected chi connectivity index (χ2v) is 7.99. The van der Waals surface area contributed by atoms with Crippen LogP contribution in [0.4, 0.5) is 5.95 Å². The van der Waals surface area contributed by atoms with E-state index in [1.165, 1.54) is 32.1 Å². The fourth-order valence-electron chi connectivity index (χ4n) is 4.33. The third kappa shape index (κ3) is 4.16. The number of hydrogen-bond donors (Lipinski definition) is 0. The largest absolute Gasteiger partial charge is 0.341 e. The van der Waals surface area contributed by atoms with Crippen LogP contribution in [-0.2, 0) is 11.3 Å². The number of nitrogens with zero attached hydrogens (tertiary/aromatic N) is 5. The second kappa shape index (κ2) is 8.67. The molecule has 1 aliphatic heterocycles. The van der Waals surface area contributed by atoms with E-state index in [2.05, 4.69) is 14.9 Å². The summed E-state index contributed by atoms with van der Waals surface area (Å²) in [6, 6.07) is 3.95. The lowest BCUT2D eigenvalue weighted by Gasteiger charge is -2.27. The molecule has 0 atom stereocenters. The normalized spacial score (nSPS) is 17.7. The molecule has 28 heavy (non-hydrogen) atoms. The van der Waals surface area contributed by atoms with E-state index in [0.29, 0.717) is 6.54 Å². The molecular weight excluding hydrogens is 350 g/mol. The first-order chi connectivity index (χ1) is 13.7. The number of carbonyl (C=O) groups is 1. The third-order valence-corrected chi connectivity index (χ3v) is 5.95. The second-order valence-electron chi connectivity index (χ2n) is 7.99. The van der Waals surface area contributed by atoms with Crippen molar-refractivity contribution in [2.24, 2.45) is 5.92 Å². The van der Waals surface area contributed by atoms with Crippen molar-refractivity contribution in [1.29, 1.82) is 0 Å². The van der Waals surface area contributed by atoms with Crippen LogP contribution in [0.3, 0.4) is 0 Å². The van der Waals surface area contributed by atoms with Crippen molar-refractivity contribution in [3.05, 3.63) is 36.4 Å². The standard InChI is InChI=1S/C22H29N5O/c1-26(21(28)18-7-3-2-4-8-18)16-20-19(17-9-11-23-12-10-17)15-24-22(25-20)27-13-5-6-14-27/h9-12,15,18H,2-8,13-14,16H2,1H3. The van der Waals surface area contributed by atoms with Crippen molar-refractivity contribution >= 4 is 11.9 Å². The topological polar surface area (TPSA) is 62.2 Å². The van der Waals surface area contributed by atoms with Crippen molar-refractivity contribution in [1.82, 2.24) is 19.9 Å². The Morgan fingerprint density at radius 3 is 2.54 bits per heavy atom. The Morgan fingerprint density at radius 2 is 1.82 bits per heavy atom. The molecule has 2 fully saturated rings. The Morgan fingerprint density at radius 1 is 1.11 bits per heavy atom. The minimum atomic E-state index is 0.169. The highest BCUT2D eigenvalue weighted by Crippen LogP contribution is 2.28. The van der Waals surface area contributed by atoms with Crippen LogP contribution >= 0.6 is 0 Å². The van der Waals surface area contributed by atoms with E-state index in [1.54, 1.807) is 12.4 Å². The van der Waals surface area contributed by atoms with Crippen LogP contribution in [0.2, 0.25) is 0 Å². The highest BCUT2D eigenvalue weighted by atomic mass is 16.2. The van der Waals surface area contributed by atoms with E-state index < -0.39 is 0 Å². The van der Waals surface area contributed by atoms with Gasteiger partial charge in [-0.2, -0.15) is 0 Å². The minimum Gasteiger partial charge on any atom is -0.341 e. The first kappa shape index (κ1) is 18.8. The van der Waals surface area contributed by atoms with E-state index in [1.807, 2.05) is 30.3 Å². The van der Waals surface area contributed by atoms with E-state index in [9.17, 15) is 4.79 Å². The van der Waals surface area contributed by atoms with Gasteiger partial charge in [0.05, 0.1) is 12.2 Å². The predicted octanol–water partition coefficient (Wildman–Crippen LogP) is 3.68. The van der Waals surface area contributed by atoms with Crippen LogP contribution < -0.4 is 4.90 Å². The first-order valence-corrected chi connectivity index (χ1v) is 10.5. The molecular formula is C22H29N5O. The van der Waals surface area contributed by atoms with Gasteiger partial charge in [-0.1, -0.05) is 19.3 Å². The smallest absolute Gasteiger partial charge is 0.225 e. The van der Waals surface area contributed by atoms with Crippen LogP contribution in [-0.4, -0.2) is 45.9 Å². The van der Waals surface area contributed by atoms with Crippen molar-refractivity contribution in [2.75, 3.05) is 25.0 Å². The lowest BCUT2D eigenvalue weighted by atomic mass is 9.88. The Hall–Kier alpha value is -2.50. The quantitative estimate of drug-likeness (QED) is 0.793. The van der Waals surface area contributed by atoms with Crippen LogP contribution in [0.25, 0.3) is 11.1 Å². The molecule has 1 aliphatic carbocycles. The fourth-order valence-corrected chi connectivity index (χ4v) is 4.33. The number of hydrogen-bond acceptors (Lipinski definition) is 5. The number of amides is 1. The third-order valence-electron chi connectivity index (χ3n) is 5.95.